The molecule has 1 N–H and O–H groups in total. The summed E-state index contributed by atoms with van der Waals surface area (Å²) >= 11 is 0. The molecular formula is C21H32F2O2. The van der Waals surface area contributed by atoms with Gasteiger partial charge in [0.15, 0.2) is 0 Å². The SMILES string of the molecule is CCCCOc1ccc(C(O)(C2CCCCC2)C(CC)C(F)F)cc1. The zero-order chi connectivity index (χ0) is 18.3. The Kier molecular flexibility index (Phi) is 7.67. The van der Waals surface area contributed by atoms with Crippen molar-refractivity contribution in [1.29, 1.82) is 0 Å². The molecule has 1 aliphatic carbocycles. The molecule has 2 rings (SSSR count). The first-order valence-corrected chi connectivity index (χ1v) is 9.77. The summed E-state index contributed by atoms with van der Waals surface area (Å²) in [7, 11) is 0. The van der Waals surface area contributed by atoms with E-state index in [4.69, 9.17) is 4.74 Å². The van der Waals surface area contributed by atoms with Gasteiger partial charge in [-0.2, -0.15) is 0 Å². The molecule has 0 aliphatic heterocycles. The van der Waals surface area contributed by atoms with Crippen LogP contribution >= 0.6 is 0 Å². The molecule has 2 unspecified atom stereocenters. The van der Waals surface area contributed by atoms with Gasteiger partial charge in [0.2, 0.25) is 6.43 Å². The van der Waals surface area contributed by atoms with Gasteiger partial charge in [-0.1, -0.05) is 51.7 Å². The standard InChI is InChI=1S/C21H32F2O2/c1-3-5-15-25-18-13-11-17(12-14-18)21(24,19(4-2)20(22)23)16-9-7-6-8-10-16/h11-14,16,19-20,24H,3-10,15H2,1-2H3. The Labute approximate surface area is 150 Å². The first-order chi connectivity index (χ1) is 12.0. The van der Waals surface area contributed by atoms with Gasteiger partial charge >= 0.3 is 0 Å². The molecule has 1 aromatic rings. The number of aliphatic hydroxyl groups is 1. The molecule has 1 aromatic carbocycles. The third kappa shape index (κ3) is 4.72. The molecule has 25 heavy (non-hydrogen) atoms. The van der Waals surface area contributed by atoms with Crippen LogP contribution in [0.25, 0.3) is 0 Å². The van der Waals surface area contributed by atoms with Gasteiger partial charge in [-0.25, -0.2) is 8.78 Å². The van der Waals surface area contributed by atoms with Crippen LogP contribution in [0.4, 0.5) is 8.78 Å². The molecule has 0 heterocycles. The lowest BCUT2D eigenvalue weighted by atomic mass is 9.66. The average Bonchev–Trinajstić information content (AvgIpc) is 2.63. The highest BCUT2D eigenvalue weighted by Crippen LogP contribution is 2.47. The number of hydrogen-bond donors (Lipinski definition) is 1. The van der Waals surface area contributed by atoms with E-state index in [1.165, 1.54) is 0 Å². The number of benzene rings is 1. The van der Waals surface area contributed by atoms with Crippen molar-refractivity contribution in [2.24, 2.45) is 11.8 Å². The van der Waals surface area contributed by atoms with Gasteiger partial charge in [0, 0.05) is 0 Å². The molecule has 4 heteroatoms. The predicted molar refractivity (Wildman–Crippen MR) is 97.1 cm³/mol. The van der Waals surface area contributed by atoms with Gasteiger partial charge in [-0.3, -0.25) is 0 Å². The van der Waals surface area contributed by atoms with Crippen LogP contribution in [-0.2, 0) is 5.60 Å². The molecule has 1 aliphatic rings. The van der Waals surface area contributed by atoms with Crippen LogP contribution < -0.4 is 4.74 Å². The molecule has 2 nitrogen and oxygen atoms in total. The largest absolute Gasteiger partial charge is 0.494 e. The van der Waals surface area contributed by atoms with Crippen LogP contribution in [0, 0.1) is 11.8 Å². The van der Waals surface area contributed by atoms with Crippen molar-refractivity contribution >= 4 is 0 Å². The van der Waals surface area contributed by atoms with Gasteiger partial charge in [0.25, 0.3) is 0 Å². The van der Waals surface area contributed by atoms with E-state index in [0.29, 0.717) is 12.2 Å². The maximum absolute atomic E-state index is 13.7. The number of rotatable bonds is 9. The highest BCUT2D eigenvalue weighted by Gasteiger charge is 2.48. The topological polar surface area (TPSA) is 29.5 Å². The van der Waals surface area contributed by atoms with Crippen molar-refractivity contribution in [3.63, 3.8) is 0 Å². The van der Waals surface area contributed by atoms with Crippen molar-refractivity contribution in [2.75, 3.05) is 6.61 Å². The normalized spacial score (nSPS) is 19.6. The molecule has 0 spiro atoms. The average molecular weight is 354 g/mol. The smallest absolute Gasteiger partial charge is 0.244 e. The summed E-state index contributed by atoms with van der Waals surface area (Å²) < 4.78 is 33.1. The van der Waals surface area contributed by atoms with E-state index in [-0.39, 0.29) is 12.3 Å². The number of halogens is 2. The third-order valence-electron chi connectivity index (χ3n) is 5.62. The maximum atomic E-state index is 13.7. The van der Waals surface area contributed by atoms with Gasteiger partial charge in [-0.05, 0) is 49.3 Å². The number of ether oxygens (including phenoxy) is 1. The van der Waals surface area contributed by atoms with Crippen molar-refractivity contribution in [3.8, 4) is 5.75 Å². The summed E-state index contributed by atoms with van der Waals surface area (Å²) in [6.45, 7) is 4.50. The van der Waals surface area contributed by atoms with Crippen LogP contribution in [0.2, 0.25) is 0 Å². The van der Waals surface area contributed by atoms with Crippen LogP contribution in [0.5, 0.6) is 5.75 Å². The number of unbranched alkanes of at least 4 members (excludes halogenated alkanes) is 1. The molecular weight excluding hydrogens is 322 g/mol. The minimum absolute atomic E-state index is 0.105. The Bertz CT molecular complexity index is 497. The van der Waals surface area contributed by atoms with Gasteiger partial charge in [-0.15, -0.1) is 0 Å². The van der Waals surface area contributed by atoms with Crippen molar-refractivity contribution in [2.45, 2.75) is 77.2 Å². The minimum atomic E-state index is -2.53. The molecule has 2 atom stereocenters. The Morgan fingerprint density at radius 2 is 1.76 bits per heavy atom. The minimum Gasteiger partial charge on any atom is -0.494 e. The second kappa shape index (κ2) is 9.51. The van der Waals surface area contributed by atoms with Crippen molar-refractivity contribution < 1.29 is 18.6 Å². The predicted octanol–water partition coefficient (Wildman–Crippen LogP) is 5.92. The van der Waals surface area contributed by atoms with E-state index in [2.05, 4.69) is 6.92 Å². The first kappa shape index (κ1) is 20.2. The lowest BCUT2D eigenvalue weighted by molar-refractivity contribution is -0.136. The molecule has 1 fully saturated rings. The van der Waals surface area contributed by atoms with Crippen LogP contribution in [-0.4, -0.2) is 18.1 Å². The monoisotopic (exact) mass is 354 g/mol. The molecule has 142 valence electrons. The van der Waals surface area contributed by atoms with Gasteiger partial charge < -0.3 is 9.84 Å². The molecule has 0 saturated heterocycles. The van der Waals surface area contributed by atoms with Crippen molar-refractivity contribution in [1.82, 2.24) is 0 Å². The Balaban J connectivity index is 2.27. The van der Waals surface area contributed by atoms with Crippen LogP contribution in [0.3, 0.4) is 0 Å². The fourth-order valence-electron chi connectivity index (χ4n) is 4.13. The van der Waals surface area contributed by atoms with E-state index >= 15 is 0 Å². The fourth-order valence-corrected chi connectivity index (χ4v) is 4.13. The first-order valence-electron chi connectivity index (χ1n) is 9.77. The Morgan fingerprint density at radius 3 is 2.28 bits per heavy atom. The summed E-state index contributed by atoms with van der Waals surface area (Å²) in [5.74, 6) is -0.414. The van der Waals surface area contributed by atoms with Gasteiger partial charge in [0.05, 0.1) is 12.5 Å². The van der Waals surface area contributed by atoms with Crippen LogP contribution in [0.1, 0.15) is 70.8 Å². The third-order valence-corrected chi connectivity index (χ3v) is 5.62. The summed E-state index contributed by atoms with van der Waals surface area (Å²) in [5, 5.41) is 11.5. The molecule has 0 amide bonds. The lowest BCUT2D eigenvalue weighted by Gasteiger charge is -2.44. The summed E-state index contributed by atoms with van der Waals surface area (Å²) in [6, 6.07) is 7.16. The molecule has 0 aromatic heterocycles. The highest BCUT2D eigenvalue weighted by atomic mass is 19.3. The summed E-state index contributed by atoms with van der Waals surface area (Å²) in [4.78, 5) is 0. The Morgan fingerprint density at radius 1 is 1.12 bits per heavy atom. The fraction of sp³-hybridized carbons (Fsp3) is 0.714. The zero-order valence-electron chi connectivity index (χ0n) is 15.5. The van der Waals surface area contributed by atoms with E-state index in [1.807, 2.05) is 0 Å². The second-order valence-electron chi connectivity index (χ2n) is 7.24. The van der Waals surface area contributed by atoms with Gasteiger partial charge in [0.1, 0.15) is 11.4 Å². The highest BCUT2D eigenvalue weighted by molar-refractivity contribution is 5.32. The number of hydrogen-bond acceptors (Lipinski definition) is 2. The molecule has 0 bridgehead atoms. The second-order valence-corrected chi connectivity index (χ2v) is 7.24. The van der Waals surface area contributed by atoms with Crippen LogP contribution in [0.15, 0.2) is 24.3 Å². The summed E-state index contributed by atoms with van der Waals surface area (Å²) in [6.07, 6.45) is 4.54. The zero-order valence-corrected chi connectivity index (χ0v) is 15.5. The van der Waals surface area contributed by atoms with E-state index in [1.54, 1.807) is 31.2 Å². The quantitative estimate of drug-likeness (QED) is 0.557. The lowest BCUT2D eigenvalue weighted by Crippen LogP contribution is -2.46. The summed E-state index contributed by atoms with van der Waals surface area (Å²) in [5.41, 5.74) is -0.861. The van der Waals surface area contributed by atoms with Crippen molar-refractivity contribution in [3.05, 3.63) is 29.8 Å². The van der Waals surface area contributed by atoms with E-state index < -0.39 is 17.9 Å². The number of alkyl halides is 2. The maximum Gasteiger partial charge on any atom is 0.244 e. The molecule has 1 saturated carbocycles. The molecule has 0 radical (unpaired) electrons. The van der Waals surface area contributed by atoms with E-state index in [0.717, 1.165) is 50.7 Å². The Hall–Kier alpha value is -1.16. The van der Waals surface area contributed by atoms with E-state index in [9.17, 15) is 13.9 Å².